The van der Waals surface area contributed by atoms with E-state index in [1.54, 1.807) is 10.6 Å². The second-order valence-electron chi connectivity index (χ2n) is 9.43. The molecule has 29 heavy (non-hydrogen) atoms. The Balaban J connectivity index is 2.05. The van der Waals surface area contributed by atoms with Gasteiger partial charge in [-0.05, 0) is 43.0 Å². The first-order valence-electron chi connectivity index (χ1n) is 9.88. The van der Waals surface area contributed by atoms with E-state index < -0.39 is 27.1 Å². The Hall–Kier alpha value is -1.80. The summed E-state index contributed by atoms with van der Waals surface area (Å²) in [5.74, 6) is 0.190. The summed E-state index contributed by atoms with van der Waals surface area (Å²) in [5, 5.41) is 3.57. The number of carbonyl (C=O) groups is 1. The molecule has 1 aliphatic rings. The fourth-order valence-corrected chi connectivity index (χ4v) is 4.74. The van der Waals surface area contributed by atoms with E-state index in [4.69, 9.17) is 4.43 Å². The number of aromatic nitrogens is 1. The molecule has 1 atom stereocenters. The number of amides is 1. The Kier molecular flexibility index (Phi) is 5.41. The van der Waals surface area contributed by atoms with E-state index in [9.17, 15) is 18.0 Å². The lowest BCUT2D eigenvalue weighted by Gasteiger charge is -2.42. The van der Waals surface area contributed by atoms with Crippen LogP contribution in [0.15, 0.2) is 24.3 Å². The van der Waals surface area contributed by atoms with Gasteiger partial charge >= 0.3 is 6.18 Å². The number of carbonyl (C=O) groups excluding carboxylic acids is 1. The fourth-order valence-electron chi connectivity index (χ4n) is 3.47. The zero-order valence-electron chi connectivity index (χ0n) is 17.8. The predicted molar refractivity (Wildman–Crippen MR) is 111 cm³/mol. The maximum Gasteiger partial charge on any atom is 0.416 e. The van der Waals surface area contributed by atoms with E-state index >= 15 is 0 Å². The van der Waals surface area contributed by atoms with E-state index in [1.165, 1.54) is 6.07 Å². The fraction of sp³-hybridized carbons (Fsp3) is 0.571. The number of benzene rings is 1. The molecule has 0 aliphatic carbocycles. The van der Waals surface area contributed by atoms with E-state index in [2.05, 4.69) is 33.0 Å². The van der Waals surface area contributed by atoms with Crippen molar-refractivity contribution in [2.75, 3.05) is 6.54 Å². The van der Waals surface area contributed by atoms with Crippen molar-refractivity contribution >= 4 is 26.6 Å². The second-order valence-corrected chi connectivity index (χ2v) is 11.8. The molecule has 2 heterocycles. The molecule has 0 unspecified atom stereocenters. The number of hydrogen-bond acceptors (Lipinski definition) is 2. The highest BCUT2D eigenvalue weighted by Gasteiger charge is 2.40. The molecule has 0 radical (unpaired) electrons. The first kappa shape index (κ1) is 21.9. The van der Waals surface area contributed by atoms with Crippen molar-refractivity contribution < 1.29 is 22.4 Å². The van der Waals surface area contributed by atoms with Gasteiger partial charge in [0.25, 0.3) is 5.91 Å². The lowest BCUT2D eigenvalue weighted by molar-refractivity contribution is -0.137. The third-order valence-electron chi connectivity index (χ3n) is 6.35. The van der Waals surface area contributed by atoms with Crippen molar-refractivity contribution in [3.63, 3.8) is 0 Å². The minimum atomic E-state index is -4.44. The molecule has 0 saturated heterocycles. The minimum absolute atomic E-state index is 0.0836. The van der Waals surface area contributed by atoms with Crippen LogP contribution in [0.5, 0.6) is 0 Å². The zero-order chi connectivity index (χ0) is 21.8. The quantitative estimate of drug-likeness (QED) is 0.706. The standard InChI is InChI=1S/C21H29F3N2O2Si/c1-12(2)20(5,6)29-28-19(3,4)17-11-25-18(27)16-9-13-7-8-14(21(22,23)24)10-15(13)26(16)17/h7-10,12,17H,11,29H2,1-6H3,(H,25,27)/t17-/m0/s1. The van der Waals surface area contributed by atoms with Gasteiger partial charge in [0.2, 0.25) is 0 Å². The summed E-state index contributed by atoms with van der Waals surface area (Å²) in [6.45, 7) is 12.9. The smallest absolute Gasteiger partial charge is 0.416 e. The Bertz CT molecular complexity index is 932. The summed E-state index contributed by atoms with van der Waals surface area (Å²) in [4.78, 5) is 12.4. The third-order valence-corrected chi connectivity index (χ3v) is 8.80. The zero-order valence-corrected chi connectivity index (χ0v) is 19.2. The topological polar surface area (TPSA) is 43.3 Å². The Labute approximate surface area is 171 Å². The van der Waals surface area contributed by atoms with Gasteiger partial charge in [0.1, 0.15) is 5.69 Å². The molecular formula is C21H29F3N2O2Si. The molecule has 8 heteroatoms. The van der Waals surface area contributed by atoms with E-state index in [0.29, 0.717) is 29.1 Å². The van der Waals surface area contributed by atoms with Crippen LogP contribution in [0.1, 0.15) is 63.6 Å². The Morgan fingerprint density at radius 1 is 1.17 bits per heavy atom. The average Bonchev–Trinajstić information content (AvgIpc) is 2.99. The van der Waals surface area contributed by atoms with Crippen LogP contribution in [-0.4, -0.2) is 32.4 Å². The highest BCUT2D eigenvalue weighted by Crippen LogP contribution is 2.40. The molecule has 3 rings (SSSR count). The lowest BCUT2D eigenvalue weighted by Crippen LogP contribution is -2.49. The summed E-state index contributed by atoms with van der Waals surface area (Å²) in [7, 11) is -0.942. The van der Waals surface area contributed by atoms with E-state index in [0.717, 1.165) is 12.1 Å². The molecule has 1 N–H and O–H groups in total. The monoisotopic (exact) mass is 426 g/mol. The summed E-state index contributed by atoms with van der Waals surface area (Å²) in [6, 6.07) is 4.98. The van der Waals surface area contributed by atoms with Gasteiger partial charge in [-0.15, -0.1) is 0 Å². The van der Waals surface area contributed by atoms with Crippen LogP contribution in [0.3, 0.4) is 0 Å². The van der Waals surface area contributed by atoms with Gasteiger partial charge in [0.15, 0.2) is 9.76 Å². The molecule has 1 aromatic heterocycles. The van der Waals surface area contributed by atoms with Crippen LogP contribution in [0.2, 0.25) is 5.04 Å². The molecule has 0 saturated carbocycles. The number of alkyl halides is 3. The predicted octanol–water partition coefficient (Wildman–Crippen LogP) is 4.68. The molecule has 1 amide bonds. The molecule has 1 aromatic carbocycles. The van der Waals surface area contributed by atoms with Crippen LogP contribution in [0.25, 0.3) is 10.9 Å². The van der Waals surface area contributed by atoms with Crippen LogP contribution in [0.4, 0.5) is 13.2 Å². The number of fused-ring (bicyclic) bond motifs is 3. The van der Waals surface area contributed by atoms with Gasteiger partial charge in [-0.2, -0.15) is 13.2 Å². The van der Waals surface area contributed by atoms with Crippen molar-refractivity contribution in [3.05, 3.63) is 35.5 Å². The molecular weight excluding hydrogens is 397 g/mol. The van der Waals surface area contributed by atoms with E-state index in [-0.39, 0.29) is 17.0 Å². The maximum atomic E-state index is 13.3. The first-order chi connectivity index (χ1) is 13.2. The Morgan fingerprint density at radius 3 is 2.41 bits per heavy atom. The van der Waals surface area contributed by atoms with Gasteiger partial charge in [-0.1, -0.05) is 33.8 Å². The number of halogens is 3. The molecule has 160 valence electrons. The third kappa shape index (κ3) is 4.10. The second kappa shape index (κ2) is 7.16. The lowest BCUT2D eigenvalue weighted by atomic mass is 9.96. The molecule has 4 nitrogen and oxygen atoms in total. The van der Waals surface area contributed by atoms with Gasteiger partial charge in [-0.25, -0.2) is 0 Å². The van der Waals surface area contributed by atoms with Crippen molar-refractivity contribution in [1.82, 2.24) is 9.88 Å². The van der Waals surface area contributed by atoms with Crippen LogP contribution < -0.4 is 5.32 Å². The highest BCUT2D eigenvalue weighted by atomic mass is 28.2. The number of rotatable bonds is 5. The number of nitrogens with zero attached hydrogens (tertiary/aromatic N) is 1. The first-order valence-corrected chi connectivity index (χ1v) is 11.2. The number of nitrogens with one attached hydrogen (secondary N) is 1. The summed E-state index contributed by atoms with van der Waals surface area (Å²) >= 11 is 0. The summed E-state index contributed by atoms with van der Waals surface area (Å²) < 4.78 is 48.0. The molecule has 2 aromatic rings. The van der Waals surface area contributed by atoms with Gasteiger partial charge in [-0.3, -0.25) is 4.79 Å². The molecule has 0 fully saturated rings. The van der Waals surface area contributed by atoms with Crippen molar-refractivity contribution in [2.24, 2.45) is 5.92 Å². The van der Waals surface area contributed by atoms with Gasteiger partial charge < -0.3 is 14.3 Å². The van der Waals surface area contributed by atoms with Gasteiger partial charge in [0.05, 0.1) is 17.2 Å². The van der Waals surface area contributed by atoms with Gasteiger partial charge in [0, 0.05) is 17.4 Å². The number of hydrogen-bond donors (Lipinski definition) is 1. The van der Waals surface area contributed by atoms with Crippen molar-refractivity contribution in [2.45, 2.75) is 64.4 Å². The SMILES string of the molecule is CC(C)C(C)(C)[SiH2]OC(C)(C)[C@@H]1CNC(=O)c2cc3ccc(C(F)(F)F)cc3n21. The Morgan fingerprint density at radius 2 is 1.83 bits per heavy atom. The van der Waals surface area contributed by atoms with Crippen molar-refractivity contribution in [3.8, 4) is 0 Å². The van der Waals surface area contributed by atoms with Crippen molar-refractivity contribution in [1.29, 1.82) is 0 Å². The molecule has 0 bridgehead atoms. The maximum absolute atomic E-state index is 13.3. The summed E-state index contributed by atoms with van der Waals surface area (Å²) in [5.41, 5.74) is -0.570. The molecule has 0 spiro atoms. The van der Waals surface area contributed by atoms with E-state index in [1.807, 2.05) is 13.8 Å². The van der Waals surface area contributed by atoms with Crippen LogP contribution in [0, 0.1) is 5.92 Å². The summed E-state index contributed by atoms with van der Waals surface area (Å²) in [6.07, 6.45) is -4.44. The van der Waals surface area contributed by atoms with Crippen LogP contribution >= 0.6 is 0 Å². The average molecular weight is 427 g/mol. The van der Waals surface area contributed by atoms with Crippen LogP contribution in [-0.2, 0) is 10.6 Å². The normalized spacial score (nSPS) is 18.7. The largest absolute Gasteiger partial charge is 0.416 e. The highest BCUT2D eigenvalue weighted by molar-refractivity contribution is 6.32. The minimum Gasteiger partial charge on any atom is -0.416 e. The molecule has 1 aliphatic heterocycles.